The van der Waals surface area contributed by atoms with Crippen molar-refractivity contribution in [2.45, 2.75) is 30.7 Å². The van der Waals surface area contributed by atoms with Crippen molar-refractivity contribution in [2.24, 2.45) is 0 Å². The third-order valence-electron chi connectivity index (χ3n) is 5.08. The molecular weight excluding hydrogens is 360 g/mol. The van der Waals surface area contributed by atoms with Gasteiger partial charge >= 0.3 is 0 Å². The van der Waals surface area contributed by atoms with Gasteiger partial charge in [0.05, 0.1) is 5.69 Å². The average Bonchev–Trinajstić information content (AvgIpc) is 2.69. The number of para-hydroxylation sites is 1. The summed E-state index contributed by atoms with van der Waals surface area (Å²) >= 11 is 0. The zero-order valence-electron chi connectivity index (χ0n) is 16.2. The Balaban J connectivity index is 1.96. The quantitative estimate of drug-likeness (QED) is 0.762. The van der Waals surface area contributed by atoms with Gasteiger partial charge in [-0.3, -0.25) is 4.31 Å². The number of aromatic nitrogens is 1. The summed E-state index contributed by atoms with van der Waals surface area (Å²) in [6, 6.07) is 12.7. The molecular formula is C20H28N4O2S. The highest BCUT2D eigenvalue weighted by Gasteiger charge is 2.34. The van der Waals surface area contributed by atoms with Crippen molar-refractivity contribution in [3.05, 3.63) is 48.7 Å². The average molecular weight is 389 g/mol. The maximum Gasteiger partial charge on any atom is 0.266 e. The minimum atomic E-state index is -3.69. The third kappa shape index (κ3) is 4.25. The van der Waals surface area contributed by atoms with E-state index in [4.69, 9.17) is 0 Å². The maximum absolute atomic E-state index is 13.5. The molecule has 0 radical (unpaired) electrons. The Bertz CT molecular complexity index is 830. The molecule has 1 saturated heterocycles. The summed E-state index contributed by atoms with van der Waals surface area (Å²) in [5.41, 5.74) is 0.712. The molecule has 0 aliphatic carbocycles. The van der Waals surface area contributed by atoms with Crippen LogP contribution in [-0.4, -0.2) is 58.1 Å². The molecule has 0 saturated carbocycles. The van der Waals surface area contributed by atoms with Gasteiger partial charge in [0.15, 0.2) is 0 Å². The van der Waals surface area contributed by atoms with E-state index >= 15 is 0 Å². The van der Waals surface area contributed by atoms with Gasteiger partial charge in [-0.2, -0.15) is 0 Å². The Hall–Kier alpha value is -2.12. The third-order valence-corrected chi connectivity index (χ3v) is 6.95. The number of benzene rings is 1. The van der Waals surface area contributed by atoms with Crippen LogP contribution >= 0.6 is 0 Å². The van der Waals surface area contributed by atoms with E-state index in [-0.39, 0.29) is 10.9 Å². The van der Waals surface area contributed by atoms with Crippen LogP contribution < -0.4 is 9.21 Å². The van der Waals surface area contributed by atoms with Crippen molar-refractivity contribution in [3.63, 3.8) is 0 Å². The fourth-order valence-electron chi connectivity index (χ4n) is 3.49. The number of pyridine rings is 1. The van der Waals surface area contributed by atoms with Crippen molar-refractivity contribution >= 4 is 21.5 Å². The summed E-state index contributed by atoms with van der Waals surface area (Å²) in [5, 5.41) is 0. The first-order chi connectivity index (χ1) is 12.9. The van der Waals surface area contributed by atoms with Gasteiger partial charge in [-0.05, 0) is 43.7 Å². The molecule has 0 amide bonds. The molecule has 1 aliphatic heterocycles. The van der Waals surface area contributed by atoms with Crippen LogP contribution in [0, 0.1) is 0 Å². The van der Waals surface area contributed by atoms with Gasteiger partial charge in [-0.25, -0.2) is 13.4 Å². The molecule has 0 unspecified atom stereocenters. The Morgan fingerprint density at radius 1 is 1.07 bits per heavy atom. The first-order valence-electron chi connectivity index (χ1n) is 9.38. The molecule has 2 aromatic rings. The molecule has 1 aromatic carbocycles. The molecule has 7 heteroatoms. The number of hydrogen-bond donors (Lipinski definition) is 0. The predicted molar refractivity (Wildman–Crippen MR) is 110 cm³/mol. The molecule has 1 aliphatic rings. The number of hydrogen-bond acceptors (Lipinski definition) is 5. The summed E-state index contributed by atoms with van der Waals surface area (Å²) in [5.74, 6) is 0.733. The summed E-state index contributed by atoms with van der Waals surface area (Å²) in [4.78, 5) is 8.75. The van der Waals surface area contributed by atoms with Crippen LogP contribution in [0.15, 0.2) is 53.6 Å². The molecule has 27 heavy (non-hydrogen) atoms. The van der Waals surface area contributed by atoms with Crippen molar-refractivity contribution in [3.8, 4) is 0 Å². The van der Waals surface area contributed by atoms with Gasteiger partial charge < -0.3 is 9.80 Å². The van der Waals surface area contributed by atoms with E-state index < -0.39 is 10.0 Å². The van der Waals surface area contributed by atoms with Crippen LogP contribution in [0.5, 0.6) is 0 Å². The zero-order chi connectivity index (χ0) is 19.4. The van der Waals surface area contributed by atoms with Gasteiger partial charge in [0.1, 0.15) is 10.7 Å². The van der Waals surface area contributed by atoms with Crippen molar-refractivity contribution in [1.29, 1.82) is 0 Å². The monoisotopic (exact) mass is 388 g/mol. The first kappa shape index (κ1) is 19.6. The van der Waals surface area contributed by atoms with Gasteiger partial charge in [0, 0.05) is 39.4 Å². The first-order valence-corrected chi connectivity index (χ1v) is 10.8. The van der Waals surface area contributed by atoms with Crippen LogP contribution in [0.25, 0.3) is 0 Å². The standard InChI is InChI=1S/C20H28N4O2S/c1-4-23-14-12-18(13-15-23)24(17-8-6-5-7-9-17)27(25,26)19-10-11-20(21-16-19)22(2)3/h5-11,16,18H,4,12-15H2,1-3H3. The van der Waals surface area contributed by atoms with E-state index in [1.165, 1.54) is 6.20 Å². The Morgan fingerprint density at radius 2 is 1.74 bits per heavy atom. The van der Waals surface area contributed by atoms with Crippen molar-refractivity contribution in [2.75, 3.05) is 42.9 Å². The molecule has 2 heterocycles. The number of sulfonamides is 1. The van der Waals surface area contributed by atoms with Gasteiger partial charge in [-0.1, -0.05) is 25.1 Å². The van der Waals surface area contributed by atoms with Crippen LogP contribution in [0.3, 0.4) is 0 Å². The summed E-state index contributed by atoms with van der Waals surface area (Å²) in [6.45, 7) is 4.97. The Kier molecular flexibility index (Phi) is 6.01. The zero-order valence-corrected chi connectivity index (χ0v) is 17.1. The van der Waals surface area contributed by atoms with E-state index in [1.54, 1.807) is 16.4 Å². The minimum Gasteiger partial charge on any atom is -0.363 e. The fourth-order valence-corrected chi connectivity index (χ4v) is 5.15. The van der Waals surface area contributed by atoms with Crippen molar-refractivity contribution < 1.29 is 8.42 Å². The lowest BCUT2D eigenvalue weighted by molar-refractivity contribution is 0.224. The lowest BCUT2D eigenvalue weighted by Crippen LogP contribution is -2.47. The van der Waals surface area contributed by atoms with E-state index in [0.717, 1.165) is 38.3 Å². The highest BCUT2D eigenvalue weighted by atomic mass is 32.2. The highest BCUT2D eigenvalue weighted by molar-refractivity contribution is 7.92. The van der Waals surface area contributed by atoms with Gasteiger partial charge in [0.25, 0.3) is 10.0 Å². The molecule has 0 N–H and O–H groups in total. The van der Waals surface area contributed by atoms with Gasteiger partial charge in [-0.15, -0.1) is 0 Å². The minimum absolute atomic E-state index is 0.0475. The summed E-state index contributed by atoms with van der Waals surface area (Å²) in [6.07, 6.45) is 3.11. The molecule has 0 atom stereocenters. The van der Waals surface area contributed by atoms with E-state index in [0.29, 0.717) is 5.69 Å². The second-order valence-electron chi connectivity index (χ2n) is 7.05. The second-order valence-corrected chi connectivity index (χ2v) is 8.86. The molecule has 146 valence electrons. The molecule has 0 bridgehead atoms. The van der Waals surface area contributed by atoms with Gasteiger partial charge in [0.2, 0.25) is 0 Å². The van der Waals surface area contributed by atoms with E-state index in [9.17, 15) is 8.42 Å². The number of nitrogens with zero attached hydrogens (tertiary/aromatic N) is 4. The fraction of sp³-hybridized carbons (Fsp3) is 0.450. The van der Waals surface area contributed by atoms with Crippen LogP contribution in [0.4, 0.5) is 11.5 Å². The summed E-state index contributed by atoms with van der Waals surface area (Å²) in [7, 11) is 0.0798. The molecule has 1 aromatic heterocycles. The molecule has 1 fully saturated rings. The topological polar surface area (TPSA) is 56.8 Å². The summed E-state index contributed by atoms with van der Waals surface area (Å²) < 4.78 is 28.6. The maximum atomic E-state index is 13.5. The number of rotatable bonds is 6. The van der Waals surface area contributed by atoms with Crippen molar-refractivity contribution in [1.82, 2.24) is 9.88 Å². The number of piperidine rings is 1. The number of anilines is 2. The Morgan fingerprint density at radius 3 is 2.26 bits per heavy atom. The predicted octanol–water partition coefficient (Wildman–Crippen LogP) is 2.83. The molecule has 0 spiro atoms. The Labute approximate surface area is 162 Å². The smallest absolute Gasteiger partial charge is 0.266 e. The second kappa shape index (κ2) is 8.27. The highest BCUT2D eigenvalue weighted by Crippen LogP contribution is 2.30. The number of likely N-dealkylation sites (tertiary alicyclic amines) is 1. The lowest BCUT2D eigenvalue weighted by Gasteiger charge is -2.38. The SMILES string of the molecule is CCN1CCC(N(c2ccccc2)S(=O)(=O)c2ccc(N(C)C)nc2)CC1. The van der Waals surface area contributed by atoms with E-state index in [2.05, 4.69) is 16.8 Å². The lowest BCUT2D eigenvalue weighted by atomic mass is 10.0. The van der Waals surface area contributed by atoms with Crippen LogP contribution in [-0.2, 0) is 10.0 Å². The van der Waals surface area contributed by atoms with Crippen LogP contribution in [0.1, 0.15) is 19.8 Å². The normalized spacial score (nSPS) is 16.3. The van der Waals surface area contributed by atoms with E-state index in [1.807, 2.05) is 49.3 Å². The molecule has 3 rings (SSSR count). The molecule has 6 nitrogen and oxygen atoms in total. The van der Waals surface area contributed by atoms with Crippen LogP contribution in [0.2, 0.25) is 0 Å². The largest absolute Gasteiger partial charge is 0.363 e.